The predicted molar refractivity (Wildman–Crippen MR) is 96.9 cm³/mol. The van der Waals surface area contributed by atoms with Gasteiger partial charge >= 0.3 is 0 Å². The van der Waals surface area contributed by atoms with Crippen LogP contribution in [0.15, 0.2) is 67.3 Å². The number of halogens is 1. The van der Waals surface area contributed by atoms with Crippen molar-refractivity contribution in [2.45, 2.75) is 25.4 Å². The average molecular weight is 349 g/mol. The Hall–Kier alpha value is -2.95. The quantitative estimate of drug-likeness (QED) is 0.740. The maximum atomic E-state index is 13.8. The summed E-state index contributed by atoms with van der Waals surface area (Å²) in [4.78, 5) is 16.4. The van der Waals surface area contributed by atoms with Gasteiger partial charge in [0, 0.05) is 31.4 Å². The first-order valence-electron chi connectivity index (χ1n) is 8.76. The molecule has 1 aromatic heterocycles. The first kappa shape index (κ1) is 16.5. The summed E-state index contributed by atoms with van der Waals surface area (Å²) >= 11 is 0. The smallest absolute Gasteiger partial charge is 0.224 e. The molecule has 0 radical (unpaired) electrons. The second-order valence-electron chi connectivity index (χ2n) is 6.74. The lowest BCUT2D eigenvalue weighted by molar-refractivity contribution is -0.122. The van der Waals surface area contributed by atoms with Gasteiger partial charge in [0.15, 0.2) is 0 Å². The lowest BCUT2D eigenvalue weighted by Gasteiger charge is -2.08. The van der Waals surface area contributed by atoms with E-state index in [9.17, 15) is 9.18 Å². The molecule has 1 aliphatic rings. The molecule has 0 aliphatic heterocycles. The minimum absolute atomic E-state index is 0.00161. The van der Waals surface area contributed by atoms with E-state index in [0.29, 0.717) is 18.5 Å². The molecular formula is C21H20FN3O. The van der Waals surface area contributed by atoms with Crippen LogP contribution in [0.4, 0.5) is 4.39 Å². The van der Waals surface area contributed by atoms with Crippen LogP contribution in [0.5, 0.6) is 0 Å². The van der Waals surface area contributed by atoms with E-state index >= 15 is 0 Å². The van der Waals surface area contributed by atoms with Gasteiger partial charge in [0.2, 0.25) is 5.91 Å². The molecule has 3 aromatic rings. The summed E-state index contributed by atoms with van der Waals surface area (Å²) in [5, 5.41) is 2.99. The maximum Gasteiger partial charge on any atom is 0.224 e. The molecule has 5 heteroatoms. The Balaban J connectivity index is 1.33. The van der Waals surface area contributed by atoms with Gasteiger partial charge in [0.05, 0.1) is 6.33 Å². The molecule has 1 heterocycles. The van der Waals surface area contributed by atoms with Gasteiger partial charge in [-0.3, -0.25) is 4.79 Å². The summed E-state index contributed by atoms with van der Waals surface area (Å²) in [6.45, 7) is 1.23. The molecule has 1 fully saturated rings. The highest BCUT2D eigenvalue weighted by Crippen LogP contribution is 2.48. The van der Waals surface area contributed by atoms with Crippen molar-refractivity contribution in [2.24, 2.45) is 5.92 Å². The number of nitrogens with one attached hydrogen (secondary N) is 1. The highest BCUT2D eigenvalue weighted by molar-refractivity contribution is 5.82. The Labute approximate surface area is 151 Å². The van der Waals surface area contributed by atoms with Gasteiger partial charge < -0.3 is 9.88 Å². The number of amides is 1. The molecule has 26 heavy (non-hydrogen) atoms. The van der Waals surface area contributed by atoms with E-state index < -0.39 is 0 Å². The van der Waals surface area contributed by atoms with Crippen LogP contribution in [0, 0.1) is 11.7 Å². The minimum atomic E-state index is -0.222. The first-order valence-corrected chi connectivity index (χ1v) is 8.76. The number of hydrogen-bond donors (Lipinski definition) is 1. The summed E-state index contributed by atoms with van der Waals surface area (Å²) in [6.07, 6.45) is 6.17. The van der Waals surface area contributed by atoms with Crippen LogP contribution in [0.1, 0.15) is 29.0 Å². The van der Waals surface area contributed by atoms with E-state index in [-0.39, 0.29) is 23.6 Å². The second kappa shape index (κ2) is 7.12. The topological polar surface area (TPSA) is 46.9 Å². The Kier molecular flexibility index (Phi) is 4.52. The second-order valence-corrected chi connectivity index (χ2v) is 6.74. The fourth-order valence-electron chi connectivity index (χ4n) is 3.35. The number of rotatable bonds is 6. The van der Waals surface area contributed by atoms with Gasteiger partial charge in [-0.05, 0) is 35.1 Å². The molecule has 1 aliphatic carbocycles. The average Bonchev–Trinajstić information content (AvgIpc) is 3.28. The Morgan fingerprint density at radius 3 is 2.85 bits per heavy atom. The molecule has 2 aromatic carbocycles. The Bertz CT molecular complexity index is 907. The highest BCUT2D eigenvalue weighted by atomic mass is 19.1. The van der Waals surface area contributed by atoms with E-state index in [1.165, 1.54) is 6.07 Å². The third-order valence-corrected chi connectivity index (χ3v) is 4.81. The van der Waals surface area contributed by atoms with Crippen LogP contribution in [-0.2, 0) is 17.9 Å². The molecule has 0 bridgehead atoms. The first-order chi connectivity index (χ1) is 12.7. The van der Waals surface area contributed by atoms with Crippen LogP contribution in [0.2, 0.25) is 0 Å². The molecule has 4 nitrogen and oxygen atoms in total. The van der Waals surface area contributed by atoms with Gasteiger partial charge in [-0.15, -0.1) is 0 Å². The van der Waals surface area contributed by atoms with Gasteiger partial charge in [-0.25, -0.2) is 9.37 Å². The largest absolute Gasteiger partial charge is 0.352 e. The molecule has 132 valence electrons. The number of nitrogens with zero attached hydrogens (tertiary/aromatic N) is 2. The van der Waals surface area contributed by atoms with Crippen LogP contribution in [-0.4, -0.2) is 15.5 Å². The number of aromatic nitrogens is 2. The third-order valence-electron chi connectivity index (χ3n) is 4.81. The van der Waals surface area contributed by atoms with E-state index in [1.54, 1.807) is 24.7 Å². The summed E-state index contributed by atoms with van der Waals surface area (Å²) in [5.74, 6) is -0.344. The van der Waals surface area contributed by atoms with E-state index in [2.05, 4.69) is 22.4 Å². The number of benzene rings is 2. The Morgan fingerprint density at radius 1 is 1.19 bits per heavy atom. The van der Waals surface area contributed by atoms with Crippen molar-refractivity contribution < 1.29 is 9.18 Å². The van der Waals surface area contributed by atoms with Crippen molar-refractivity contribution in [1.29, 1.82) is 0 Å². The summed E-state index contributed by atoms with van der Waals surface area (Å²) in [6, 6.07) is 14.8. The highest BCUT2D eigenvalue weighted by Gasteiger charge is 2.44. The number of carbonyl (C=O) groups is 1. The van der Waals surface area contributed by atoms with Crippen LogP contribution < -0.4 is 5.32 Å². The maximum absolute atomic E-state index is 13.8. The fraction of sp³-hybridized carbons (Fsp3) is 0.238. The molecule has 1 amide bonds. The summed E-state index contributed by atoms with van der Waals surface area (Å²) in [5.41, 5.74) is 2.86. The Morgan fingerprint density at radius 2 is 2.04 bits per heavy atom. The van der Waals surface area contributed by atoms with Crippen molar-refractivity contribution in [1.82, 2.24) is 14.9 Å². The van der Waals surface area contributed by atoms with Gasteiger partial charge in [0.1, 0.15) is 5.82 Å². The minimum Gasteiger partial charge on any atom is -0.352 e. The van der Waals surface area contributed by atoms with Crippen LogP contribution in [0.25, 0.3) is 0 Å². The zero-order chi connectivity index (χ0) is 17.9. The van der Waals surface area contributed by atoms with Crippen molar-refractivity contribution in [2.75, 3.05) is 0 Å². The zero-order valence-electron chi connectivity index (χ0n) is 14.3. The van der Waals surface area contributed by atoms with Crippen molar-refractivity contribution in [3.8, 4) is 0 Å². The normalized spacial score (nSPS) is 18.5. The number of hydrogen-bond acceptors (Lipinski definition) is 2. The standard InChI is InChI=1S/C21H20FN3O/c22-20-7-2-1-6-17(20)18-11-19(18)21(26)24-12-15-4-3-5-16(10-15)13-25-9-8-23-14-25/h1-10,14,18-19H,11-13H2,(H,24,26)/t18-,19+/m1/s1. The summed E-state index contributed by atoms with van der Waals surface area (Å²) < 4.78 is 15.8. The molecule has 0 saturated heterocycles. The van der Waals surface area contributed by atoms with Crippen LogP contribution >= 0.6 is 0 Å². The van der Waals surface area contributed by atoms with Crippen molar-refractivity contribution in [3.63, 3.8) is 0 Å². The SMILES string of the molecule is O=C(NCc1cccc(Cn2ccnc2)c1)[C@H]1C[C@@H]1c1ccccc1F. The summed E-state index contributed by atoms with van der Waals surface area (Å²) in [7, 11) is 0. The third kappa shape index (κ3) is 3.67. The molecule has 0 spiro atoms. The van der Waals surface area contributed by atoms with Crippen molar-refractivity contribution in [3.05, 3.63) is 89.8 Å². The monoisotopic (exact) mass is 349 g/mol. The van der Waals surface area contributed by atoms with Gasteiger partial charge in [-0.1, -0.05) is 42.5 Å². The molecule has 0 unspecified atom stereocenters. The lowest BCUT2D eigenvalue weighted by Crippen LogP contribution is -2.25. The zero-order valence-corrected chi connectivity index (χ0v) is 14.3. The molecule has 2 atom stereocenters. The molecule has 1 saturated carbocycles. The number of imidazole rings is 1. The van der Waals surface area contributed by atoms with Gasteiger partial charge in [0.25, 0.3) is 0 Å². The molecule has 4 rings (SSSR count). The molecule has 1 N–H and O–H groups in total. The van der Waals surface area contributed by atoms with Crippen molar-refractivity contribution >= 4 is 5.91 Å². The van der Waals surface area contributed by atoms with Crippen LogP contribution in [0.3, 0.4) is 0 Å². The van der Waals surface area contributed by atoms with E-state index in [4.69, 9.17) is 0 Å². The molecular weight excluding hydrogens is 329 g/mol. The van der Waals surface area contributed by atoms with Gasteiger partial charge in [-0.2, -0.15) is 0 Å². The fourth-order valence-corrected chi connectivity index (χ4v) is 3.35. The van der Waals surface area contributed by atoms with E-state index in [0.717, 1.165) is 17.7 Å². The van der Waals surface area contributed by atoms with E-state index in [1.807, 2.05) is 29.0 Å². The number of carbonyl (C=O) groups excluding carboxylic acids is 1. The lowest BCUT2D eigenvalue weighted by atomic mass is 10.1. The predicted octanol–water partition coefficient (Wildman–Crippen LogP) is 3.49.